The van der Waals surface area contributed by atoms with Crippen molar-refractivity contribution in [1.29, 1.82) is 0 Å². The molecule has 0 spiro atoms. The maximum atomic E-state index is 12.0. The minimum Gasteiger partial charge on any atom is -0.273 e. The number of nitrogens with zero attached hydrogens (tertiary/aromatic N) is 1. The Morgan fingerprint density at radius 1 is 1.18 bits per heavy atom. The van der Waals surface area contributed by atoms with Gasteiger partial charge in [-0.15, -0.1) is 0 Å². The van der Waals surface area contributed by atoms with Crippen LogP contribution in [-0.2, 0) is 4.79 Å². The molecule has 0 unspecified atom stereocenters. The Morgan fingerprint density at radius 2 is 1.86 bits per heavy atom. The van der Waals surface area contributed by atoms with Crippen molar-refractivity contribution in [3.63, 3.8) is 0 Å². The molecule has 0 saturated heterocycles. The molecule has 1 aromatic carbocycles. The second kappa shape index (κ2) is 7.22. The lowest BCUT2D eigenvalue weighted by Gasteiger charge is -2.20. The van der Waals surface area contributed by atoms with E-state index in [1.165, 1.54) is 12.1 Å². The number of hydrazine groups is 1. The second-order valence-electron chi connectivity index (χ2n) is 5.20. The molecule has 0 radical (unpaired) electrons. The van der Waals surface area contributed by atoms with Crippen LogP contribution in [0.1, 0.15) is 42.5 Å². The smallest absolute Gasteiger partial charge is 0.273 e. The van der Waals surface area contributed by atoms with Gasteiger partial charge in [0.2, 0.25) is 5.91 Å². The first kappa shape index (κ1) is 16.2. The molecule has 7 nitrogen and oxygen atoms in total. The molecule has 0 aromatic heterocycles. The molecule has 22 heavy (non-hydrogen) atoms. The van der Waals surface area contributed by atoms with Gasteiger partial charge in [0, 0.05) is 17.0 Å². The number of carbonyl (C=O) groups excluding carboxylic acids is 2. The van der Waals surface area contributed by atoms with E-state index >= 15 is 0 Å². The van der Waals surface area contributed by atoms with E-state index in [-0.39, 0.29) is 22.4 Å². The Labute approximate surface area is 132 Å². The summed E-state index contributed by atoms with van der Waals surface area (Å²) in [4.78, 5) is 34.2. The van der Waals surface area contributed by atoms with E-state index < -0.39 is 16.5 Å². The molecule has 1 aromatic rings. The summed E-state index contributed by atoms with van der Waals surface area (Å²) in [6.45, 7) is 0. The highest BCUT2D eigenvalue weighted by molar-refractivity contribution is 6.31. The number of nitro benzene ring substituents is 1. The van der Waals surface area contributed by atoms with E-state index in [0.717, 1.165) is 38.2 Å². The normalized spacial score (nSPS) is 15.1. The van der Waals surface area contributed by atoms with Gasteiger partial charge in [0.15, 0.2) is 0 Å². The van der Waals surface area contributed by atoms with E-state index in [9.17, 15) is 19.7 Å². The van der Waals surface area contributed by atoms with Crippen molar-refractivity contribution in [3.8, 4) is 0 Å². The first-order valence-electron chi connectivity index (χ1n) is 7.03. The van der Waals surface area contributed by atoms with E-state index in [0.29, 0.717) is 0 Å². The highest BCUT2D eigenvalue weighted by atomic mass is 35.5. The quantitative estimate of drug-likeness (QED) is 0.658. The lowest BCUT2D eigenvalue weighted by molar-refractivity contribution is -0.385. The number of carbonyl (C=O) groups is 2. The van der Waals surface area contributed by atoms with Crippen molar-refractivity contribution in [2.45, 2.75) is 32.1 Å². The van der Waals surface area contributed by atoms with Gasteiger partial charge in [0.1, 0.15) is 5.56 Å². The van der Waals surface area contributed by atoms with Gasteiger partial charge in [-0.3, -0.25) is 30.6 Å². The summed E-state index contributed by atoms with van der Waals surface area (Å²) < 4.78 is 0. The molecule has 8 heteroatoms. The molecule has 2 N–H and O–H groups in total. The van der Waals surface area contributed by atoms with Crippen LogP contribution in [0.15, 0.2) is 18.2 Å². The number of hydrogen-bond acceptors (Lipinski definition) is 4. The number of rotatable bonds is 3. The molecule has 1 aliphatic carbocycles. The number of nitro groups is 1. The van der Waals surface area contributed by atoms with Crippen molar-refractivity contribution in [2.75, 3.05) is 0 Å². The van der Waals surface area contributed by atoms with E-state index in [4.69, 9.17) is 11.6 Å². The summed E-state index contributed by atoms with van der Waals surface area (Å²) in [7, 11) is 0. The predicted octanol–water partition coefficient (Wildman–Crippen LogP) is 2.59. The zero-order valence-corrected chi connectivity index (χ0v) is 12.6. The molecule has 118 valence electrons. The Hall–Kier alpha value is -2.15. The van der Waals surface area contributed by atoms with Gasteiger partial charge in [0.25, 0.3) is 11.6 Å². The van der Waals surface area contributed by atoms with Gasteiger partial charge < -0.3 is 0 Å². The van der Waals surface area contributed by atoms with Gasteiger partial charge in [-0.1, -0.05) is 30.9 Å². The van der Waals surface area contributed by atoms with Crippen LogP contribution >= 0.6 is 11.6 Å². The second-order valence-corrected chi connectivity index (χ2v) is 5.63. The molecule has 0 aliphatic heterocycles. The van der Waals surface area contributed by atoms with Crippen molar-refractivity contribution in [3.05, 3.63) is 38.9 Å². The van der Waals surface area contributed by atoms with Crippen LogP contribution in [0, 0.1) is 16.0 Å². The lowest BCUT2D eigenvalue weighted by Crippen LogP contribution is -2.45. The maximum Gasteiger partial charge on any atom is 0.283 e. The molecule has 0 heterocycles. The summed E-state index contributed by atoms with van der Waals surface area (Å²) in [5.41, 5.74) is 4.00. The summed E-state index contributed by atoms with van der Waals surface area (Å²) >= 11 is 5.69. The number of halogens is 1. The average Bonchev–Trinajstić information content (AvgIpc) is 2.53. The predicted molar refractivity (Wildman–Crippen MR) is 80.3 cm³/mol. The lowest BCUT2D eigenvalue weighted by atomic mass is 9.89. The first-order valence-corrected chi connectivity index (χ1v) is 7.41. The zero-order valence-electron chi connectivity index (χ0n) is 11.8. The van der Waals surface area contributed by atoms with Gasteiger partial charge >= 0.3 is 0 Å². The fourth-order valence-electron chi connectivity index (χ4n) is 2.50. The third-order valence-electron chi connectivity index (χ3n) is 3.68. The van der Waals surface area contributed by atoms with Gasteiger partial charge in [0.05, 0.1) is 4.92 Å². The van der Waals surface area contributed by atoms with Crippen LogP contribution in [0.2, 0.25) is 5.02 Å². The van der Waals surface area contributed by atoms with Crippen LogP contribution in [-0.4, -0.2) is 16.7 Å². The van der Waals surface area contributed by atoms with Crippen molar-refractivity contribution in [1.82, 2.24) is 10.9 Å². The molecule has 1 aliphatic rings. The van der Waals surface area contributed by atoms with Crippen LogP contribution < -0.4 is 10.9 Å². The number of nitrogens with one attached hydrogen (secondary N) is 2. The molecule has 2 amide bonds. The van der Waals surface area contributed by atoms with E-state index in [2.05, 4.69) is 10.9 Å². The molecular formula is C14H16ClN3O4. The number of amides is 2. The topological polar surface area (TPSA) is 101 Å². The highest BCUT2D eigenvalue weighted by Crippen LogP contribution is 2.24. The van der Waals surface area contributed by atoms with Crippen molar-refractivity contribution in [2.24, 2.45) is 5.92 Å². The molecule has 1 fully saturated rings. The standard InChI is InChI=1S/C14H16ClN3O4/c15-10-6-7-11(12(8-10)18(21)22)14(20)17-16-13(19)9-4-2-1-3-5-9/h6-9H,1-5H2,(H,16,19)(H,17,20). The summed E-state index contributed by atoms with van der Waals surface area (Å²) in [6, 6.07) is 3.73. The van der Waals surface area contributed by atoms with Crippen molar-refractivity contribution >= 4 is 29.1 Å². The molecule has 2 rings (SSSR count). The third kappa shape index (κ3) is 3.94. The van der Waals surface area contributed by atoms with Crippen molar-refractivity contribution < 1.29 is 14.5 Å². The van der Waals surface area contributed by atoms with Gasteiger partial charge in [-0.05, 0) is 25.0 Å². The summed E-state index contributed by atoms with van der Waals surface area (Å²) in [5.74, 6) is -1.12. The molecule has 0 bridgehead atoms. The Bertz CT molecular complexity index is 600. The number of benzene rings is 1. The Morgan fingerprint density at radius 3 is 2.50 bits per heavy atom. The van der Waals surface area contributed by atoms with Crippen LogP contribution in [0.5, 0.6) is 0 Å². The number of hydrogen-bond donors (Lipinski definition) is 2. The minimum absolute atomic E-state index is 0.116. The first-order chi connectivity index (χ1) is 10.5. The molecule has 0 atom stereocenters. The zero-order chi connectivity index (χ0) is 16.1. The van der Waals surface area contributed by atoms with Crippen LogP contribution in [0.4, 0.5) is 5.69 Å². The van der Waals surface area contributed by atoms with E-state index in [1.54, 1.807) is 0 Å². The molecular weight excluding hydrogens is 310 g/mol. The summed E-state index contributed by atoms with van der Waals surface area (Å²) in [6.07, 6.45) is 4.70. The highest BCUT2D eigenvalue weighted by Gasteiger charge is 2.24. The Kier molecular flexibility index (Phi) is 5.32. The van der Waals surface area contributed by atoms with Crippen LogP contribution in [0.25, 0.3) is 0 Å². The summed E-state index contributed by atoms with van der Waals surface area (Å²) in [5, 5.41) is 11.1. The fourth-order valence-corrected chi connectivity index (χ4v) is 2.67. The SMILES string of the molecule is O=C(NNC(=O)C1CCCCC1)c1ccc(Cl)cc1[N+](=O)[O-]. The average molecular weight is 326 g/mol. The third-order valence-corrected chi connectivity index (χ3v) is 3.91. The largest absolute Gasteiger partial charge is 0.283 e. The van der Waals surface area contributed by atoms with Gasteiger partial charge in [-0.2, -0.15) is 0 Å². The maximum absolute atomic E-state index is 12.0. The monoisotopic (exact) mass is 325 g/mol. The Balaban J connectivity index is 2.00. The van der Waals surface area contributed by atoms with Gasteiger partial charge in [-0.25, -0.2) is 0 Å². The fraction of sp³-hybridized carbons (Fsp3) is 0.429. The minimum atomic E-state index is -0.743. The van der Waals surface area contributed by atoms with Crippen LogP contribution in [0.3, 0.4) is 0 Å². The molecule has 1 saturated carbocycles. The van der Waals surface area contributed by atoms with E-state index in [1.807, 2.05) is 0 Å².